The average Bonchev–Trinajstić information content (AvgIpc) is 3.43. The van der Waals surface area contributed by atoms with Gasteiger partial charge in [-0.15, -0.1) is 0 Å². The molecule has 3 heterocycles. The van der Waals surface area contributed by atoms with E-state index in [0.29, 0.717) is 53.6 Å². The van der Waals surface area contributed by atoms with Crippen molar-refractivity contribution >= 4 is 28.7 Å². The van der Waals surface area contributed by atoms with E-state index < -0.39 is 5.97 Å². The van der Waals surface area contributed by atoms with Gasteiger partial charge in [-0.3, -0.25) is 9.89 Å². The number of hydrogen-bond acceptors (Lipinski definition) is 5. The van der Waals surface area contributed by atoms with Gasteiger partial charge in [-0.2, -0.15) is 10.1 Å². The Hall–Kier alpha value is -3.39. The van der Waals surface area contributed by atoms with Gasteiger partial charge in [0.25, 0.3) is 6.01 Å². The van der Waals surface area contributed by atoms with Crippen molar-refractivity contribution in [1.29, 1.82) is 0 Å². The average molecular weight is 438 g/mol. The van der Waals surface area contributed by atoms with Crippen molar-refractivity contribution < 1.29 is 14.6 Å². The molecule has 0 aliphatic heterocycles. The summed E-state index contributed by atoms with van der Waals surface area (Å²) in [5, 5.41) is 16.6. The highest BCUT2D eigenvalue weighted by molar-refractivity contribution is 6.33. The number of pyridine rings is 1. The predicted molar refractivity (Wildman–Crippen MR) is 116 cm³/mol. The van der Waals surface area contributed by atoms with Gasteiger partial charge < -0.3 is 14.8 Å². The topological polar surface area (TPSA) is 117 Å². The highest BCUT2D eigenvalue weighted by atomic mass is 35.5. The van der Waals surface area contributed by atoms with Crippen LogP contribution in [-0.2, 0) is 4.79 Å². The molecular formula is C22H20ClN5O3. The Balaban J connectivity index is 1.35. The fourth-order valence-corrected chi connectivity index (χ4v) is 4.22. The zero-order valence-corrected chi connectivity index (χ0v) is 17.3. The number of nitrogens with one attached hydrogen (secondary N) is 2. The van der Waals surface area contributed by atoms with E-state index in [1.165, 1.54) is 0 Å². The van der Waals surface area contributed by atoms with Crippen LogP contribution < -0.4 is 4.74 Å². The van der Waals surface area contributed by atoms with E-state index in [1.54, 1.807) is 12.3 Å². The van der Waals surface area contributed by atoms with Gasteiger partial charge in [-0.25, -0.2) is 4.98 Å². The molecule has 8 nitrogen and oxygen atoms in total. The second kappa shape index (κ2) is 8.03. The van der Waals surface area contributed by atoms with Crippen LogP contribution in [0.1, 0.15) is 25.7 Å². The molecule has 0 bridgehead atoms. The number of H-pyrrole nitrogens is 2. The molecule has 4 aromatic rings. The lowest BCUT2D eigenvalue weighted by molar-refractivity contribution is -0.143. The summed E-state index contributed by atoms with van der Waals surface area (Å²) < 4.78 is 5.96. The van der Waals surface area contributed by atoms with Crippen molar-refractivity contribution in [2.75, 3.05) is 0 Å². The third kappa shape index (κ3) is 3.98. The quantitative estimate of drug-likeness (QED) is 0.417. The Kier molecular flexibility index (Phi) is 5.07. The molecule has 1 saturated carbocycles. The maximum atomic E-state index is 11.1. The second-order valence-electron chi connectivity index (χ2n) is 7.71. The summed E-state index contributed by atoms with van der Waals surface area (Å²) in [5.74, 6) is -1.01. The summed E-state index contributed by atoms with van der Waals surface area (Å²) in [6.45, 7) is 0. The summed E-state index contributed by atoms with van der Waals surface area (Å²) in [4.78, 5) is 23.3. The summed E-state index contributed by atoms with van der Waals surface area (Å²) in [6.07, 6.45) is 4.27. The molecule has 31 heavy (non-hydrogen) atoms. The molecule has 3 aromatic heterocycles. The molecule has 1 aromatic carbocycles. The maximum absolute atomic E-state index is 11.1. The maximum Gasteiger partial charge on any atom is 0.306 e. The minimum Gasteiger partial charge on any atom is -0.481 e. The van der Waals surface area contributed by atoms with Crippen molar-refractivity contribution in [2.24, 2.45) is 5.92 Å². The molecule has 5 rings (SSSR count). The minimum absolute atomic E-state index is 0.0545. The van der Waals surface area contributed by atoms with E-state index >= 15 is 0 Å². The molecular weight excluding hydrogens is 418 g/mol. The zero-order chi connectivity index (χ0) is 21.4. The molecule has 0 spiro atoms. The molecule has 0 atom stereocenters. The molecule has 3 N–H and O–H groups in total. The minimum atomic E-state index is -0.730. The SMILES string of the molecule is O=C(O)C1CCC(Oc2nc3nc(-c4ccc(-c5ccn[nH]5)cc4)c(Cl)cc3[nH]2)CC1. The molecule has 1 aliphatic carbocycles. The van der Waals surface area contributed by atoms with Crippen LogP contribution in [-0.4, -0.2) is 42.3 Å². The Bertz CT molecular complexity index is 1210. The van der Waals surface area contributed by atoms with Gasteiger partial charge in [0, 0.05) is 11.8 Å². The smallest absolute Gasteiger partial charge is 0.306 e. The van der Waals surface area contributed by atoms with Crippen LogP contribution in [0.5, 0.6) is 6.01 Å². The highest BCUT2D eigenvalue weighted by Crippen LogP contribution is 2.32. The van der Waals surface area contributed by atoms with Crippen LogP contribution in [0.3, 0.4) is 0 Å². The van der Waals surface area contributed by atoms with Gasteiger partial charge in [0.2, 0.25) is 0 Å². The standard InChI is InChI=1S/C22H20ClN5O3/c23-16-11-18-20(27-22(25-18)31-15-7-5-14(6-8-15)21(29)30)26-19(16)13-3-1-12(2-4-13)17-9-10-24-28-17/h1-4,9-11,14-15H,5-8H2,(H,24,28)(H,29,30)(H,25,26,27). The third-order valence-corrected chi connectivity index (χ3v) is 5.96. The van der Waals surface area contributed by atoms with Gasteiger partial charge in [0.05, 0.1) is 27.8 Å². The zero-order valence-electron chi connectivity index (χ0n) is 16.5. The summed E-state index contributed by atoms with van der Waals surface area (Å²) in [7, 11) is 0. The Labute approximate surface area is 182 Å². The number of halogens is 1. The number of imidazole rings is 1. The van der Waals surface area contributed by atoms with Crippen molar-refractivity contribution in [3.05, 3.63) is 47.6 Å². The first kappa shape index (κ1) is 19.6. The van der Waals surface area contributed by atoms with Crippen molar-refractivity contribution in [2.45, 2.75) is 31.8 Å². The normalized spacial score (nSPS) is 18.9. The van der Waals surface area contributed by atoms with Crippen molar-refractivity contribution in [3.8, 4) is 28.5 Å². The number of nitrogens with zero attached hydrogens (tertiary/aromatic N) is 3. The first-order chi connectivity index (χ1) is 15.1. The number of rotatable bonds is 5. The lowest BCUT2D eigenvalue weighted by Crippen LogP contribution is -2.28. The number of hydrogen-bond donors (Lipinski definition) is 3. The van der Waals surface area contributed by atoms with Crippen LogP contribution in [0, 0.1) is 5.92 Å². The van der Waals surface area contributed by atoms with Crippen molar-refractivity contribution in [1.82, 2.24) is 25.1 Å². The number of benzene rings is 1. The summed E-state index contributed by atoms with van der Waals surface area (Å²) in [5.41, 5.74) is 4.69. The number of carboxylic acids is 1. The molecule has 158 valence electrons. The van der Waals surface area contributed by atoms with E-state index in [9.17, 15) is 4.79 Å². The third-order valence-electron chi connectivity index (χ3n) is 5.68. The van der Waals surface area contributed by atoms with Crippen LogP contribution >= 0.6 is 11.6 Å². The lowest BCUT2D eigenvalue weighted by atomic mass is 9.87. The number of carboxylic acid groups (broad SMARTS) is 1. The number of fused-ring (bicyclic) bond motifs is 1. The first-order valence-electron chi connectivity index (χ1n) is 10.1. The summed E-state index contributed by atoms with van der Waals surface area (Å²) >= 11 is 6.50. The molecule has 1 fully saturated rings. The molecule has 0 radical (unpaired) electrons. The van der Waals surface area contributed by atoms with E-state index in [0.717, 1.165) is 16.8 Å². The highest BCUT2D eigenvalue weighted by Gasteiger charge is 2.27. The second-order valence-corrected chi connectivity index (χ2v) is 8.12. The first-order valence-corrected chi connectivity index (χ1v) is 10.5. The van der Waals surface area contributed by atoms with E-state index in [1.807, 2.05) is 30.3 Å². The van der Waals surface area contributed by atoms with Crippen LogP contribution in [0.25, 0.3) is 33.7 Å². The Morgan fingerprint density at radius 3 is 2.48 bits per heavy atom. The predicted octanol–water partition coefficient (Wildman–Crippen LogP) is 4.69. The van der Waals surface area contributed by atoms with Gasteiger partial charge in [-0.1, -0.05) is 35.9 Å². The fraction of sp³-hybridized carbons (Fsp3) is 0.273. The van der Waals surface area contributed by atoms with Gasteiger partial charge in [0.1, 0.15) is 6.10 Å². The van der Waals surface area contributed by atoms with E-state index in [2.05, 4.69) is 25.1 Å². The van der Waals surface area contributed by atoms with Crippen LogP contribution in [0.2, 0.25) is 5.02 Å². The fourth-order valence-electron chi connectivity index (χ4n) is 3.96. The number of carbonyl (C=O) groups is 1. The summed E-state index contributed by atoms with van der Waals surface area (Å²) in [6, 6.07) is 12.0. The monoisotopic (exact) mass is 437 g/mol. The molecule has 0 saturated heterocycles. The van der Waals surface area contributed by atoms with E-state index in [4.69, 9.17) is 21.4 Å². The number of ether oxygens (including phenoxy) is 1. The van der Waals surface area contributed by atoms with Crippen LogP contribution in [0.15, 0.2) is 42.6 Å². The lowest BCUT2D eigenvalue weighted by Gasteiger charge is -2.25. The molecule has 9 heteroatoms. The Morgan fingerprint density at radius 2 is 1.81 bits per heavy atom. The van der Waals surface area contributed by atoms with Gasteiger partial charge in [-0.05, 0) is 43.4 Å². The number of aromatic amines is 2. The van der Waals surface area contributed by atoms with Crippen LogP contribution in [0.4, 0.5) is 0 Å². The van der Waals surface area contributed by atoms with Crippen molar-refractivity contribution in [3.63, 3.8) is 0 Å². The van der Waals surface area contributed by atoms with E-state index in [-0.39, 0.29) is 12.0 Å². The largest absolute Gasteiger partial charge is 0.481 e. The molecule has 0 amide bonds. The Morgan fingerprint density at radius 1 is 1.06 bits per heavy atom. The number of aliphatic carboxylic acids is 1. The van der Waals surface area contributed by atoms with Gasteiger partial charge in [0.15, 0.2) is 5.65 Å². The molecule has 0 unspecified atom stereocenters. The van der Waals surface area contributed by atoms with Gasteiger partial charge >= 0.3 is 5.97 Å². The number of aromatic nitrogens is 5. The molecule has 1 aliphatic rings.